The first-order chi connectivity index (χ1) is 7.18. The van der Waals surface area contributed by atoms with E-state index in [1.807, 2.05) is 0 Å². The van der Waals surface area contributed by atoms with Crippen LogP contribution < -0.4 is 0 Å². The highest BCUT2D eigenvalue weighted by atomic mass is 16.5. The Morgan fingerprint density at radius 1 is 1.40 bits per heavy atom. The zero-order valence-corrected chi connectivity index (χ0v) is 9.85. The maximum absolute atomic E-state index is 9.92. The monoisotopic (exact) mass is 213 g/mol. The fourth-order valence-corrected chi connectivity index (χ4v) is 2.68. The van der Waals surface area contributed by atoms with E-state index in [1.165, 1.54) is 19.3 Å². The number of ether oxygens (including phenoxy) is 1. The number of aliphatic hydroxyl groups is 1. The number of hydrogen-bond donors (Lipinski definition) is 1. The van der Waals surface area contributed by atoms with Gasteiger partial charge in [0.05, 0.1) is 18.8 Å². The molecule has 2 fully saturated rings. The number of aliphatic hydroxyl groups excluding tert-OH is 1. The van der Waals surface area contributed by atoms with Crippen molar-refractivity contribution < 1.29 is 9.84 Å². The number of rotatable bonds is 3. The van der Waals surface area contributed by atoms with Gasteiger partial charge in [-0.15, -0.1) is 0 Å². The van der Waals surface area contributed by atoms with E-state index in [-0.39, 0.29) is 6.10 Å². The lowest BCUT2D eigenvalue weighted by atomic mass is 10.0. The van der Waals surface area contributed by atoms with Crippen molar-refractivity contribution in [1.82, 2.24) is 4.90 Å². The Morgan fingerprint density at radius 2 is 2.20 bits per heavy atom. The van der Waals surface area contributed by atoms with Crippen LogP contribution in [0.1, 0.15) is 33.1 Å². The van der Waals surface area contributed by atoms with Crippen LogP contribution in [0.2, 0.25) is 0 Å². The van der Waals surface area contributed by atoms with Gasteiger partial charge in [-0.1, -0.05) is 13.8 Å². The number of fused-ring (bicyclic) bond motifs is 1. The topological polar surface area (TPSA) is 32.7 Å². The lowest BCUT2D eigenvalue weighted by Gasteiger charge is -2.39. The first-order valence-corrected chi connectivity index (χ1v) is 6.22. The molecular formula is C12H23NO2. The van der Waals surface area contributed by atoms with Crippen molar-refractivity contribution >= 4 is 0 Å². The highest BCUT2D eigenvalue weighted by Crippen LogP contribution is 2.29. The molecular weight excluding hydrogens is 190 g/mol. The van der Waals surface area contributed by atoms with Crippen LogP contribution >= 0.6 is 0 Å². The van der Waals surface area contributed by atoms with Gasteiger partial charge in [0, 0.05) is 19.1 Å². The van der Waals surface area contributed by atoms with Crippen molar-refractivity contribution in [3.05, 3.63) is 0 Å². The Hall–Kier alpha value is -0.120. The molecule has 1 N–H and O–H groups in total. The summed E-state index contributed by atoms with van der Waals surface area (Å²) in [5.74, 6) is 0.354. The molecule has 3 nitrogen and oxygen atoms in total. The van der Waals surface area contributed by atoms with E-state index in [0.29, 0.717) is 18.1 Å². The molecule has 3 heteroatoms. The molecule has 3 unspecified atom stereocenters. The maximum Gasteiger partial charge on any atom is 0.0730 e. The summed E-state index contributed by atoms with van der Waals surface area (Å²) >= 11 is 0. The molecule has 2 rings (SSSR count). The van der Waals surface area contributed by atoms with Crippen LogP contribution in [0.25, 0.3) is 0 Å². The highest BCUT2D eigenvalue weighted by Gasteiger charge is 2.36. The van der Waals surface area contributed by atoms with Crippen LogP contribution in [0, 0.1) is 5.92 Å². The van der Waals surface area contributed by atoms with Crippen LogP contribution in [-0.4, -0.2) is 48.0 Å². The predicted molar refractivity (Wildman–Crippen MR) is 59.8 cm³/mol. The normalized spacial score (nSPS) is 34.4. The lowest BCUT2D eigenvalue weighted by Crippen LogP contribution is -2.51. The fraction of sp³-hybridized carbons (Fsp3) is 1.00. The molecule has 0 amide bonds. The molecule has 0 aromatic rings. The molecule has 3 atom stereocenters. The first kappa shape index (κ1) is 11.4. The number of nitrogens with zero attached hydrogens (tertiary/aromatic N) is 1. The Bertz CT molecular complexity index is 208. The van der Waals surface area contributed by atoms with Gasteiger partial charge in [-0.3, -0.25) is 4.90 Å². The second kappa shape index (κ2) is 4.81. The van der Waals surface area contributed by atoms with Crippen molar-refractivity contribution in [2.75, 3.05) is 19.7 Å². The molecule has 0 aromatic carbocycles. The first-order valence-electron chi connectivity index (χ1n) is 6.22. The second-order valence-corrected chi connectivity index (χ2v) is 5.21. The minimum Gasteiger partial charge on any atom is -0.392 e. The van der Waals surface area contributed by atoms with Crippen molar-refractivity contribution in [1.29, 1.82) is 0 Å². The zero-order valence-electron chi connectivity index (χ0n) is 9.85. The van der Waals surface area contributed by atoms with Gasteiger partial charge in [0.25, 0.3) is 0 Å². The van der Waals surface area contributed by atoms with Gasteiger partial charge in [-0.2, -0.15) is 0 Å². The summed E-state index contributed by atoms with van der Waals surface area (Å²) in [5, 5.41) is 9.92. The number of hydrogen-bond acceptors (Lipinski definition) is 3. The summed E-state index contributed by atoms with van der Waals surface area (Å²) < 4.78 is 5.75. The second-order valence-electron chi connectivity index (χ2n) is 5.21. The quantitative estimate of drug-likeness (QED) is 0.766. The van der Waals surface area contributed by atoms with E-state index < -0.39 is 0 Å². The van der Waals surface area contributed by atoms with Gasteiger partial charge in [0.1, 0.15) is 0 Å². The van der Waals surface area contributed by atoms with E-state index in [4.69, 9.17) is 4.74 Å². The molecule has 1 saturated carbocycles. The van der Waals surface area contributed by atoms with Crippen LogP contribution in [0.4, 0.5) is 0 Å². The molecule has 0 bridgehead atoms. The molecule has 0 radical (unpaired) electrons. The zero-order chi connectivity index (χ0) is 10.8. The fourth-order valence-electron chi connectivity index (χ4n) is 2.68. The molecule has 1 saturated heterocycles. The Morgan fingerprint density at radius 3 is 2.93 bits per heavy atom. The van der Waals surface area contributed by atoms with Crippen LogP contribution in [0.5, 0.6) is 0 Å². The summed E-state index contributed by atoms with van der Waals surface area (Å²) in [7, 11) is 0. The summed E-state index contributed by atoms with van der Waals surface area (Å²) in [6.45, 7) is 6.81. The van der Waals surface area contributed by atoms with E-state index in [1.54, 1.807) is 0 Å². The van der Waals surface area contributed by atoms with E-state index >= 15 is 0 Å². The lowest BCUT2D eigenvalue weighted by molar-refractivity contribution is -0.0710. The molecule has 1 heterocycles. The molecule has 2 aliphatic rings. The van der Waals surface area contributed by atoms with Crippen molar-refractivity contribution in [2.45, 2.75) is 51.4 Å². The SMILES string of the molecule is CC(C)C(O)CN1CCOC2CCCC21. The van der Waals surface area contributed by atoms with Gasteiger partial charge in [-0.25, -0.2) is 0 Å². The molecule has 0 aromatic heterocycles. The van der Waals surface area contributed by atoms with Crippen molar-refractivity contribution in [3.8, 4) is 0 Å². The molecule has 0 spiro atoms. The third-order valence-electron chi connectivity index (χ3n) is 3.79. The van der Waals surface area contributed by atoms with Gasteiger partial charge in [0.2, 0.25) is 0 Å². The number of β-amino-alcohol motifs (C(OH)–C–C–N with tert-alkyl or cyclic N) is 1. The van der Waals surface area contributed by atoms with Crippen LogP contribution in [0.15, 0.2) is 0 Å². The minimum atomic E-state index is -0.190. The van der Waals surface area contributed by atoms with Crippen LogP contribution in [0.3, 0.4) is 0 Å². The average Bonchev–Trinajstić information content (AvgIpc) is 2.66. The van der Waals surface area contributed by atoms with Crippen molar-refractivity contribution in [3.63, 3.8) is 0 Å². The van der Waals surface area contributed by atoms with Gasteiger partial charge in [-0.05, 0) is 25.2 Å². The number of morpholine rings is 1. The maximum atomic E-state index is 9.92. The van der Waals surface area contributed by atoms with E-state index in [2.05, 4.69) is 18.7 Å². The largest absolute Gasteiger partial charge is 0.392 e. The highest BCUT2D eigenvalue weighted by molar-refractivity contribution is 4.90. The minimum absolute atomic E-state index is 0.190. The van der Waals surface area contributed by atoms with E-state index in [9.17, 15) is 5.11 Å². The Balaban J connectivity index is 1.90. The molecule has 88 valence electrons. The summed E-state index contributed by atoms with van der Waals surface area (Å²) in [5.41, 5.74) is 0. The third-order valence-corrected chi connectivity index (χ3v) is 3.79. The van der Waals surface area contributed by atoms with Gasteiger partial charge < -0.3 is 9.84 Å². The van der Waals surface area contributed by atoms with Gasteiger partial charge in [0.15, 0.2) is 0 Å². The average molecular weight is 213 g/mol. The van der Waals surface area contributed by atoms with Gasteiger partial charge >= 0.3 is 0 Å². The molecule has 1 aliphatic carbocycles. The molecule has 1 aliphatic heterocycles. The summed E-state index contributed by atoms with van der Waals surface area (Å²) in [4.78, 5) is 2.44. The summed E-state index contributed by atoms with van der Waals surface area (Å²) in [6, 6.07) is 0.576. The Kier molecular flexibility index (Phi) is 3.65. The predicted octanol–water partition coefficient (Wildman–Crippen LogP) is 1.26. The molecule has 15 heavy (non-hydrogen) atoms. The third kappa shape index (κ3) is 2.52. The van der Waals surface area contributed by atoms with Crippen molar-refractivity contribution in [2.24, 2.45) is 5.92 Å². The van der Waals surface area contributed by atoms with Crippen LogP contribution in [-0.2, 0) is 4.74 Å². The smallest absolute Gasteiger partial charge is 0.0730 e. The van der Waals surface area contributed by atoms with E-state index in [0.717, 1.165) is 19.7 Å². The Labute approximate surface area is 92.4 Å². The standard InChI is InChI=1S/C12H23NO2/c1-9(2)11(14)8-13-6-7-15-12-5-3-4-10(12)13/h9-12,14H,3-8H2,1-2H3. The summed E-state index contributed by atoms with van der Waals surface area (Å²) in [6.07, 6.45) is 3.99.